The molecule has 0 radical (unpaired) electrons. The molecule has 0 spiro atoms. The number of unbranched alkanes of at least 4 members (excludes halogenated alkanes) is 28. The molecular formula is C50H91NO9. The van der Waals surface area contributed by atoms with Crippen LogP contribution >= 0.6 is 0 Å². The third-order valence-electron chi connectivity index (χ3n) is 11.1. The van der Waals surface area contributed by atoms with E-state index in [1.165, 1.54) is 175 Å². The minimum Gasteiger partial charge on any atom is -0.464 e. The molecule has 10 nitrogen and oxygen atoms in total. The van der Waals surface area contributed by atoms with Gasteiger partial charge in [-0.2, -0.15) is 0 Å². The zero-order valence-electron chi connectivity index (χ0n) is 39.5. The molecule has 0 aromatic rings. The molecule has 1 N–H and O–H groups in total. The molecule has 0 saturated heterocycles. The van der Waals surface area contributed by atoms with Crippen molar-refractivity contribution in [3.05, 3.63) is 12.2 Å². The van der Waals surface area contributed by atoms with Crippen LogP contribution in [-0.4, -0.2) is 60.7 Å². The van der Waals surface area contributed by atoms with Gasteiger partial charge in [0.25, 0.3) is 5.91 Å². The first kappa shape index (κ1) is 57.1. The van der Waals surface area contributed by atoms with Crippen molar-refractivity contribution in [2.45, 2.75) is 271 Å². The van der Waals surface area contributed by atoms with Gasteiger partial charge in [-0.05, 0) is 37.8 Å². The van der Waals surface area contributed by atoms with Gasteiger partial charge >= 0.3 is 23.9 Å². The summed E-state index contributed by atoms with van der Waals surface area (Å²) in [4.78, 5) is 61.6. The van der Waals surface area contributed by atoms with Crippen molar-refractivity contribution in [2.75, 3.05) is 6.61 Å². The summed E-state index contributed by atoms with van der Waals surface area (Å²) in [6, 6.07) is -0.982. The van der Waals surface area contributed by atoms with Gasteiger partial charge in [0.05, 0.1) is 0 Å². The monoisotopic (exact) mass is 850 g/mol. The summed E-state index contributed by atoms with van der Waals surface area (Å²) >= 11 is 0. The lowest BCUT2D eigenvalue weighted by molar-refractivity contribution is -0.156. The van der Waals surface area contributed by atoms with E-state index in [0.717, 1.165) is 38.5 Å². The Hall–Kier alpha value is -2.91. The largest absolute Gasteiger partial charge is 0.464 e. The molecule has 1 amide bonds. The van der Waals surface area contributed by atoms with Gasteiger partial charge in [0.2, 0.25) is 0 Å². The average Bonchev–Trinajstić information content (AvgIpc) is 3.19. The van der Waals surface area contributed by atoms with Crippen molar-refractivity contribution in [1.82, 2.24) is 5.32 Å². The summed E-state index contributed by atoms with van der Waals surface area (Å²) in [5.41, 5.74) is 0. The van der Waals surface area contributed by atoms with Crippen molar-refractivity contribution >= 4 is 29.8 Å². The number of hydrogen-bond donors (Lipinski definition) is 1. The van der Waals surface area contributed by atoms with Crippen molar-refractivity contribution < 1.29 is 42.9 Å². The van der Waals surface area contributed by atoms with E-state index in [2.05, 4.69) is 19.2 Å². The fourth-order valence-electron chi connectivity index (χ4n) is 7.65. The maximum Gasteiger partial charge on any atom is 0.303 e. The number of carbonyl (C=O) groups is 5. The molecule has 60 heavy (non-hydrogen) atoms. The maximum atomic E-state index is 13.6. The van der Waals surface area contributed by atoms with Gasteiger partial charge in [-0.3, -0.25) is 24.0 Å². The van der Waals surface area contributed by atoms with Crippen molar-refractivity contribution in [2.24, 2.45) is 0 Å². The predicted octanol–water partition coefficient (Wildman–Crippen LogP) is 12.9. The molecule has 350 valence electrons. The van der Waals surface area contributed by atoms with Crippen LogP contribution in [0, 0.1) is 0 Å². The Labute approximate surface area is 367 Å². The fourth-order valence-corrected chi connectivity index (χ4v) is 7.65. The molecule has 0 aliphatic rings. The van der Waals surface area contributed by atoms with Crippen molar-refractivity contribution in [3.8, 4) is 0 Å². The highest BCUT2D eigenvalue weighted by molar-refractivity contribution is 5.83. The zero-order chi connectivity index (χ0) is 44.5. The first-order chi connectivity index (χ1) is 29.0. The Kier molecular flexibility index (Phi) is 39.4. The van der Waals surface area contributed by atoms with Crippen LogP contribution in [0.5, 0.6) is 0 Å². The molecular weight excluding hydrogens is 759 g/mol. The molecule has 4 atom stereocenters. The predicted molar refractivity (Wildman–Crippen MR) is 243 cm³/mol. The molecule has 0 aliphatic heterocycles. The molecule has 0 saturated carbocycles. The summed E-state index contributed by atoms with van der Waals surface area (Å²) in [7, 11) is 0. The highest BCUT2D eigenvalue weighted by Crippen LogP contribution is 2.18. The summed E-state index contributed by atoms with van der Waals surface area (Å²) < 4.78 is 21.9. The molecule has 0 bridgehead atoms. The SMILES string of the molecule is CCCCCCCCCCCCCCCCCCCCCC[C@H](OC(C)=O)C(=O)N[C@@H](COC(C)=O)[C@@H](/C=C/[C@@H](CCCCCCCCCCCC)OC(C)=O)OC(C)=O. The molecule has 0 unspecified atom stereocenters. The van der Waals surface area contributed by atoms with Crippen LogP contribution in [0.25, 0.3) is 0 Å². The van der Waals surface area contributed by atoms with Crippen LogP contribution in [0.15, 0.2) is 12.2 Å². The summed E-state index contributed by atoms with van der Waals surface area (Å²) in [6.07, 6.45) is 38.7. The molecule has 0 aromatic heterocycles. The van der Waals surface area contributed by atoms with Gasteiger partial charge in [-0.25, -0.2) is 0 Å². The number of amides is 1. The van der Waals surface area contributed by atoms with Crippen LogP contribution in [0.1, 0.15) is 247 Å². The lowest BCUT2D eigenvalue weighted by Crippen LogP contribution is -2.51. The standard InChI is InChI=1S/C50H91NO9/c1-7-9-11-13-15-17-19-20-21-22-23-24-25-26-27-28-30-32-34-36-38-49(60-45(6)55)50(56)51-47(41-57-42(3)52)48(59-44(5)54)40-39-46(58-43(4)53)37-35-33-31-29-18-16-14-12-10-8-2/h39-40,46-49H,7-38,41H2,1-6H3,(H,51,56)/b40-39+/t46-,47+,48-,49+/m1/s1. The normalized spacial score (nSPS) is 13.4. The lowest BCUT2D eigenvalue weighted by atomic mass is 10.0. The van der Waals surface area contributed by atoms with E-state index in [4.69, 9.17) is 18.9 Å². The van der Waals surface area contributed by atoms with E-state index >= 15 is 0 Å². The van der Waals surface area contributed by atoms with Gasteiger partial charge < -0.3 is 24.3 Å². The lowest BCUT2D eigenvalue weighted by Gasteiger charge is -2.27. The molecule has 0 aromatic carbocycles. The Balaban J connectivity index is 4.92. The Bertz CT molecular complexity index is 1110. The van der Waals surface area contributed by atoms with E-state index in [0.29, 0.717) is 19.3 Å². The highest BCUT2D eigenvalue weighted by Gasteiger charge is 2.30. The van der Waals surface area contributed by atoms with Crippen LogP contribution in [0.3, 0.4) is 0 Å². The third kappa shape index (κ3) is 38.0. The molecule has 0 fully saturated rings. The van der Waals surface area contributed by atoms with Gasteiger partial charge in [-0.15, -0.1) is 0 Å². The Morgan fingerprint density at radius 3 is 1.12 bits per heavy atom. The second-order valence-electron chi connectivity index (χ2n) is 17.1. The molecule has 0 aliphatic carbocycles. The number of carbonyl (C=O) groups excluding carboxylic acids is 5. The molecule has 10 heteroatoms. The minimum absolute atomic E-state index is 0.286. The third-order valence-corrected chi connectivity index (χ3v) is 11.1. The van der Waals surface area contributed by atoms with E-state index in [1.54, 1.807) is 12.2 Å². The first-order valence-corrected chi connectivity index (χ1v) is 24.6. The van der Waals surface area contributed by atoms with E-state index in [1.807, 2.05) is 0 Å². The highest BCUT2D eigenvalue weighted by atomic mass is 16.6. The topological polar surface area (TPSA) is 134 Å². The maximum absolute atomic E-state index is 13.6. The summed E-state index contributed by atoms with van der Waals surface area (Å²) in [6.45, 7) is 9.33. The first-order valence-electron chi connectivity index (χ1n) is 24.6. The summed E-state index contributed by atoms with van der Waals surface area (Å²) in [5, 5.41) is 2.82. The van der Waals surface area contributed by atoms with Crippen LogP contribution in [0.2, 0.25) is 0 Å². The number of ether oxygens (including phenoxy) is 4. The van der Waals surface area contributed by atoms with E-state index in [-0.39, 0.29) is 6.61 Å². The van der Waals surface area contributed by atoms with Gasteiger partial charge in [0.15, 0.2) is 6.10 Å². The van der Waals surface area contributed by atoms with Crippen molar-refractivity contribution in [3.63, 3.8) is 0 Å². The van der Waals surface area contributed by atoms with Crippen LogP contribution in [0.4, 0.5) is 0 Å². The quantitative estimate of drug-likeness (QED) is 0.0276. The average molecular weight is 850 g/mol. The number of rotatable bonds is 42. The fraction of sp³-hybridized carbons (Fsp3) is 0.860. The second kappa shape index (κ2) is 41.4. The van der Waals surface area contributed by atoms with E-state index < -0.39 is 54.1 Å². The summed E-state index contributed by atoms with van der Waals surface area (Å²) in [5.74, 6) is -2.74. The van der Waals surface area contributed by atoms with Crippen LogP contribution in [-0.2, 0) is 42.9 Å². The Morgan fingerprint density at radius 1 is 0.417 bits per heavy atom. The number of hydrogen-bond acceptors (Lipinski definition) is 9. The van der Waals surface area contributed by atoms with Gasteiger partial charge in [-0.1, -0.05) is 194 Å². The Morgan fingerprint density at radius 2 is 0.767 bits per heavy atom. The van der Waals surface area contributed by atoms with E-state index in [9.17, 15) is 24.0 Å². The second-order valence-corrected chi connectivity index (χ2v) is 17.1. The molecule has 0 rings (SSSR count). The van der Waals surface area contributed by atoms with Gasteiger partial charge in [0.1, 0.15) is 24.9 Å². The van der Waals surface area contributed by atoms with Crippen LogP contribution < -0.4 is 5.32 Å². The van der Waals surface area contributed by atoms with Crippen molar-refractivity contribution in [1.29, 1.82) is 0 Å². The smallest absolute Gasteiger partial charge is 0.303 e. The van der Waals surface area contributed by atoms with Gasteiger partial charge in [0, 0.05) is 27.7 Å². The minimum atomic E-state index is -1.05. The zero-order valence-corrected chi connectivity index (χ0v) is 39.5. The number of nitrogens with one attached hydrogen (secondary N) is 1. The number of esters is 4. The molecule has 0 heterocycles.